The number of methoxy groups -OCH3 is 1. The van der Waals surface area contributed by atoms with Crippen LogP contribution in [0.2, 0.25) is 0 Å². The summed E-state index contributed by atoms with van der Waals surface area (Å²) in [7, 11) is 1.64. The number of nitrogens with zero attached hydrogens (tertiary/aromatic N) is 1. The molecule has 0 fully saturated rings. The zero-order valence-electron chi connectivity index (χ0n) is 11.7. The third-order valence-corrected chi connectivity index (χ3v) is 3.61. The Kier molecular flexibility index (Phi) is 3.65. The van der Waals surface area contributed by atoms with Crippen molar-refractivity contribution in [2.75, 3.05) is 13.9 Å². The second kappa shape index (κ2) is 5.76. The third-order valence-electron chi connectivity index (χ3n) is 3.61. The monoisotopic (exact) mass is 281 g/mol. The van der Waals surface area contributed by atoms with Gasteiger partial charge in [-0.1, -0.05) is 24.3 Å². The summed E-state index contributed by atoms with van der Waals surface area (Å²) >= 11 is 0. The quantitative estimate of drug-likeness (QED) is 0.861. The van der Waals surface area contributed by atoms with Gasteiger partial charge in [-0.05, 0) is 23.8 Å². The lowest BCUT2D eigenvalue weighted by molar-refractivity contribution is 0.174. The van der Waals surface area contributed by atoms with Crippen LogP contribution < -0.4 is 14.2 Å². The number of para-hydroxylation sites is 1. The van der Waals surface area contributed by atoms with Crippen LogP contribution in [0, 0.1) is 11.3 Å². The van der Waals surface area contributed by atoms with E-state index in [2.05, 4.69) is 6.07 Å². The van der Waals surface area contributed by atoms with E-state index in [9.17, 15) is 0 Å². The molecule has 0 unspecified atom stereocenters. The standard InChI is InChI=1S/C17H15NO3/c1-19-15-5-3-2-4-14(15)13(8-9-18)12-6-7-16-17(10-12)21-11-20-16/h2-7,10,13H,8,11H2,1H3/t13-/m0/s1. The van der Waals surface area contributed by atoms with Crippen molar-refractivity contribution in [2.24, 2.45) is 0 Å². The summed E-state index contributed by atoms with van der Waals surface area (Å²) in [6, 6.07) is 15.8. The van der Waals surface area contributed by atoms with Crippen LogP contribution in [0.25, 0.3) is 0 Å². The molecule has 1 aliphatic heterocycles. The number of benzene rings is 2. The topological polar surface area (TPSA) is 51.5 Å². The van der Waals surface area contributed by atoms with Gasteiger partial charge in [0, 0.05) is 17.9 Å². The lowest BCUT2D eigenvalue weighted by atomic mass is 9.88. The van der Waals surface area contributed by atoms with Crippen molar-refractivity contribution in [3.05, 3.63) is 53.6 Å². The Bertz CT molecular complexity index is 691. The Labute approximate surface area is 123 Å². The maximum absolute atomic E-state index is 9.17. The molecule has 3 rings (SSSR count). The van der Waals surface area contributed by atoms with Gasteiger partial charge in [0.2, 0.25) is 6.79 Å². The number of ether oxygens (including phenoxy) is 3. The van der Waals surface area contributed by atoms with Gasteiger partial charge in [0.1, 0.15) is 5.75 Å². The Morgan fingerprint density at radius 3 is 2.81 bits per heavy atom. The van der Waals surface area contributed by atoms with E-state index in [0.29, 0.717) is 6.42 Å². The van der Waals surface area contributed by atoms with Crippen LogP contribution in [0.1, 0.15) is 23.5 Å². The van der Waals surface area contributed by atoms with Crippen molar-refractivity contribution in [1.29, 1.82) is 5.26 Å². The average Bonchev–Trinajstić information content (AvgIpc) is 3.00. The van der Waals surface area contributed by atoms with Crippen LogP contribution in [0.3, 0.4) is 0 Å². The second-order valence-corrected chi connectivity index (χ2v) is 4.77. The van der Waals surface area contributed by atoms with Crippen molar-refractivity contribution in [1.82, 2.24) is 0 Å². The normalized spacial score (nSPS) is 13.5. The molecule has 1 heterocycles. The van der Waals surface area contributed by atoms with Crippen molar-refractivity contribution in [2.45, 2.75) is 12.3 Å². The van der Waals surface area contributed by atoms with Gasteiger partial charge >= 0.3 is 0 Å². The second-order valence-electron chi connectivity index (χ2n) is 4.77. The summed E-state index contributed by atoms with van der Waals surface area (Å²) in [6.45, 7) is 0.246. The maximum atomic E-state index is 9.17. The molecule has 0 radical (unpaired) electrons. The van der Waals surface area contributed by atoms with Gasteiger partial charge in [0.05, 0.1) is 13.2 Å². The highest BCUT2D eigenvalue weighted by atomic mass is 16.7. The van der Waals surface area contributed by atoms with Crippen LogP contribution >= 0.6 is 0 Å². The average molecular weight is 281 g/mol. The fourth-order valence-corrected chi connectivity index (χ4v) is 2.58. The first-order valence-electron chi connectivity index (χ1n) is 6.73. The first-order chi connectivity index (χ1) is 10.3. The lowest BCUT2D eigenvalue weighted by Crippen LogP contribution is -2.03. The van der Waals surface area contributed by atoms with E-state index >= 15 is 0 Å². The van der Waals surface area contributed by atoms with Crippen LogP contribution in [-0.4, -0.2) is 13.9 Å². The molecule has 21 heavy (non-hydrogen) atoms. The molecule has 2 aromatic rings. The van der Waals surface area contributed by atoms with Gasteiger partial charge in [-0.25, -0.2) is 0 Å². The van der Waals surface area contributed by atoms with Gasteiger partial charge in [-0.15, -0.1) is 0 Å². The fraction of sp³-hybridized carbons (Fsp3) is 0.235. The van der Waals surface area contributed by atoms with Crippen LogP contribution in [0.4, 0.5) is 0 Å². The fourth-order valence-electron chi connectivity index (χ4n) is 2.58. The highest BCUT2D eigenvalue weighted by molar-refractivity contribution is 5.49. The molecule has 4 heteroatoms. The summed E-state index contributed by atoms with van der Waals surface area (Å²) in [5.41, 5.74) is 2.02. The third kappa shape index (κ3) is 2.50. The smallest absolute Gasteiger partial charge is 0.231 e. The van der Waals surface area contributed by atoms with Gasteiger partial charge in [-0.3, -0.25) is 0 Å². The van der Waals surface area contributed by atoms with Crippen LogP contribution in [0.5, 0.6) is 17.2 Å². The predicted octanol–water partition coefficient (Wildman–Crippen LogP) is 3.47. The molecular formula is C17H15NO3. The summed E-state index contributed by atoms with van der Waals surface area (Å²) in [5.74, 6) is 2.20. The molecule has 1 atom stereocenters. The molecule has 1 aliphatic rings. The van der Waals surface area contributed by atoms with E-state index in [1.54, 1.807) is 7.11 Å². The van der Waals surface area contributed by atoms with Gasteiger partial charge in [0.25, 0.3) is 0 Å². The van der Waals surface area contributed by atoms with E-state index < -0.39 is 0 Å². The molecule has 2 aromatic carbocycles. The SMILES string of the molecule is COc1ccccc1[C@@H](CC#N)c1ccc2c(c1)OCO2. The Morgan fingerprint density at radius 1 is 1.19 bits per heavy atom. The summed E-state index contributed by atoms with van der Waals surface area (Å²) in [4.78, 5) is 0. The minimum Gasteiger partial charge on any atom is -0.496 e. The number of fused-ring (bicyclic) bond motifs is 1. The first-order valence-corrected chi connectivity index (χ1v) is 6.73. The summed E-state index contributed by atoms with van der Waals surface area (Å²) in [6.07, 6.45) is 0.375. The van der Waals surface area contributed by atoms with E-state index in [0.717, 1.165) is 28.4 Å². The molecule has 0 saturated carbocycles. The van der Waals surface area contributed by atoms with Gasteiger partial charge in [0.15, 0.2) is 11.5 Å². The molecule has 0 bridgehead atoms. The predicted molar refractivity (Wildman–Crippen MR) is 77.6 cm³/mol. The molecule has 0 N–H and O–H groups in total. The van der Waals surface area contributed by atoms with Crippen molar-refractivity contribution in [3.63, 3.8) is 0 Å². The van der Waals surface area contributed by atoms with Crippen LogP contribution in [0.15, 0.2) is 42.5 Å². The number of hydrogen-bond donors (Lipinski definition) is 0. The van der Waals surface area contributed by atoms with Crippen molar-refractivity contribution >= 4 is 0 Å². The summed E-state index contributed by atoms with van der Waals surface area (Å²) in [5, 5.41) is 9.17. The molecular weight excluding hydrogens is 266 g/mol. The Hall–Kier alpha value is -2.67. The lowest BCUT2D eigenvalue weighted by Gasteiger charge is -2.18. The number of hydrogen-bond acceptors (Lipinski definition) is 4. The van der Waals surface area contributed by atoms with Crippen molar-refractivity contribution < 1.29 is 14.2 Å². The first kappa shape index (κ1) is 13.3. The Morgan fingerprint density at radius 2 is 2.00 bits per heavy atom. The largest absolute Gasteiger partial charge is 0.496 e. The molecule has 0 aliphatic carbocycles. The molecule has 106 valence electrons. The molecule has 0 spiro atoms. The highest BCUT2D eigenvalue weighted by Crippen LogP contribution is 2.39. The number of rotatable bonds is 4. The number of nitriles is 1. The Balaban J connectivity index is 2.04. The summed E-state index contributed by atoms with van der Waals surface area (Å²) < 4.78 is 16.2. The van der Waals surface area contributed by atoms with Gasteiger partial charge in [-0.2, -0.15) is 5.26 Å². The van der Waals surface area contributed by atoms with Crippen LogP contribution in [-0.2, 0) is 0 Å². The molecule has 4 nitrogen and oxygen atoms in total. The minimum absolute atomic E-state index is 0.0550. The van der Waals surface area contributed by atoms with E-state index in [1.807, 2.05) is 42.5 Å². The van der Waals surface area contributed by atoms with E-state index in [-0.39, 0.29) is 12.7 Å². The van der Waals surface area contributed by atoms with Gasteiger partial charge < -0.3 is 14.2 Å². The molecule has 0 amide bonds. The molecule has 0 saturated heterocycles. The van der Waals surface area contributed by atoms with E-state index in [1.165, 1.54) is 0 Å². The molecule has 0 aromatic heterocycles. The highest BCUT2D eigenvalue weighted by Gasteiger charge is 2.21. The maximum Gasteiger partial charge on any atom is 0.231 e. The minimum atomic E-state index is -0.0550. The van der Waals surface area contributed by atoms with E-state index in [4.69, 9.17) is 19.5 Å². The zero-order valence-corrected chi connectivity index (χ0v) is 11.7. The zero-order chi connectivity index (χ0) is 14.7. The van der Waals surface area contributed by atoms with Crippen molar-refractivity contribution in [3.8, 4) is 23.3 Å².